The Morgan fingerprint density at radius 3 is 2.81 bits per heavy atom. The van der Waals surface area contributed by atoms with E-state index in [0.29, 0.717) is 5.82 Å². The fourth-order valence-corrected chi connectivity index (χ4v) is 1.39. The maximum absolute atomic E-state index is 11.6. The van der Waals surface area contributed by atoms with Crippen LogP contribution in [0.5, 0.6) is 0 Å². The van der Waals surface area contributed by atoms with Crippen LogP contribution in [-0.2, 0) is 4.74 Å². The molecule has 1 heterocycles. The average Bonchev–Trinajstić information content (AvgIpc) is 2.21. The van der Waals surface area contributed by atoms with Gasteiger partial charge in [-0.3, -0.25) is 0 Å². The lowest BCUT2D eigenvalue weighted by Gasteiger charge is -2.18. The van der Waals surface area contributed by atoms with Gasteiger partial charge in [-0.1, -0.05) is 0 Å². The highest BCUT2D eigenvalue weighted by Crippen LogP contribution is 2.15. The second kappa shape index (κ2) is 5.76. The van der Waals surface area contributed by atoms with E-state index < -0.39 is 6.09 Å². The molecule has 86 valence electrons. The summed E-state index contributed by atoms with van der Waals surface area (Å²) in [7, 11) is 0. The van der Waals surface area contributed by atoms with Crippen molar-refractivity contribution in [3.8, 4) is 0 Å². The van der Waals surface area contributed by atoms with Crippen LogP contribution in [0.4, 0.5) is 10.6 Å². The Morgan fingerprint density at radius 2 is 2.38 bits per heavy atom. The number of nitrogens with two attached hydrogens (primary N) is 1. The molecule has 0 spiro atoms. The van der Waals surface area contributed by atoms with Gasteiger partial charge in [-0.25, -0.2) is 14.7 Å². The van der Waals surface area contributed by atoms with Gasteiger partial charge in [-0.15, -0.1) is 0 Å². The van der Waals surface area contributed by atoms with Crippen molar-refractivity contribution in [2.75, 3.05) is 11.5 Å². The number of nitrogens with zero attached hydrogens (tertiary/aromatic N) is 2. The molecule has 0 fully saturated rings. The molecule has 1 rings (SSSR count). The third-order valence-corrected chi connectivity index (χ3v) is 2.26. The van der Waals surface area contributed by atoms with E-state index in [1.54, 1.807) is 25.3 Å². The van der Waals surface area contributed by atoms with Crippen molar-refractivity contribution in [3.05, 3.63) is 22.8 Å². The van der Waals surface area contributed by atoms with Crippen LogP contribution < -0.4 is 10.6 Å². The zero-order valence-corrected chi connectivity index (χ0v) is 10.9. The van der Waals surface area contributed by atoms with Crippen LogP contribution in [0.2, 0.25) is 0 Å². The maximum atomic E-state index is 11.6. The molecule has 0 atom stereocenters. The molecule has 0 aliphatic heterocycles. The molecule has 5 nitrogen and oxygen atoms in total. The lowest BCUT2D eigenvalue weighted by atomic mass is 10.4. The Kier molecular flexibility index (Phi) is 4.63. The van der Waals surface area contributed by atoms with Gasteiger partial charge < -0.3 is 10.5 Å². The summed E-state index contributed by atoms with van der Waals surface area (Å²) in [5, 5.41) is -0.103. The summed E-state index contributed by atoms with van der Waals surface area (Å²) < 4.78 is 5.61. The molecule has 1 amide bonds. The van der Waals surface area contributed by atoms with E-state index >= 15 is 0 Å². The van der Waals surface area contributed by atoms with E-state index in [1.165, 1.54) is 0 Å². The minimum atomic E-state index is -0.634. The molecule has 16 heavy (non-hydrogen) atoms. The lowest BCUT2D eigenvalue weighted by molar-refractivity contribution is 0.163. The van der Waals surface area contributed by atoms with Gasteiger partial charge in [0.05, 0.1) is 6.61 Å². The van der Waals surface area contributed by atoms with Crippen molar-refractivity contribution in [1.29, 1.82) is 0 Å². The van der Waals surface area contributed by atoms with Crippen LogP contribution in [0, 0.1) is 0 Å². The Balaban J connectivity index is 2.98. The molecule has 0 aliphatic rings. The Morgan fingerprint density at radius 1 is 1.69 bits per heavy atom. The van der Waals surface area contributed by atoms with Gasteiger partial charge in [-0.05, 0) is 47.2 Å². The number of ether oxygens (including phenoxy) is 1. The summed E-state index contributed by atoms with van der Waals surface area (Å²) in [5.74, 6) is 0.328. The molecule has 0 radical (unpaired) electrons. The molecular formula is C9H10BrN3O2S. The van der Waals surface area contributed by atoms with Crippen molar-refractivity contribution in [2.24, 2.45) is 5.73 Å². The van der Waals surface area contributed by atoms with Crippen LogP contribution >= 0.6 is 28.1 Å². The first kappa shape index (κ1) is 12.9. The van der Waals surface area contributed by atoms with Crippen molar-refractivity contribution in [3.63, 3.8) is 0 Å². The molecule has 1 aromatic heterocycles. The first-order chi connectivity index (χ1) is 7.56. The van der Waals surface area contributed by atoms with Crippen LogP contribution in [-0.4, -0.2) is 22.8 Å². The zero-order valence-electron chi connectivity index (χ0n) is 8.51. The van der Waals surface area contributed by atoms with Gasteiger partial charge in [0.2, 0.25) is 0 Å². The monoisotopic (exact) mass is 303 g/mol. The number of aromatic nitrogens is 1. The number of amides is 1. The lowest BCUT2D eigenvalue weighted by Crippen LogP contribution is -2.41. The quantitative estimate of drug-likeness (QED) is 0.847. The molecule has 0 aliphatic carbocycles. The van der Waals surface area contributed by atoms with Crippen molar-refractivity contribution in [1.82, 2.24) is 4.98 Å². The number of hydrogen-bond donors (Lipinski definition) is 1. The number of rotatable bonds is 2. The molecule has 1 aromatic rings. The molecule has 2 N–H and O–H groups in total. The smallest absolute Gasteiger partial charge is 0.422 e. The van der Waals surface area contributed by atoms with Crippen LogP contribution in [0.1, 0.15) is 6.92 Å². The summed E-state index contributed by atoms with van der Waals surface area (Å²) in [4.78, 5) is 16.6. The number of carbonyl (C=O) groups excluding carboxylic acids is 1. The minimum Gasteiger partial charge on any atom is -0.449 e. The predicted octanol–water partition coefficient (Wildman–Crippen LogP) is 2.05. The molecule has 0 bridgehead atoms. The van der Waals surface area contributed by atoms with E-state index in [9.17, 15) is 4.79 Å². The zero-order chi connectivity index (χ0) is 12.1. The Labute approximate surface area is 107 Å². The molecule has 0 saturated carbocycles. The predicted molar refractivity (Wildman–Crippen MR) is 68.2 cm³/mol. The van der Waals surface area contributed by atoms with Gasteiger partial charge in [0.25, 0.3) is 0 Å². The van der Waals surface area contributed by atoms with Gasteiger partial charge in [0.1, 0.15) is 5.82 Å². The van der Waals surface area contributed by atoms with E-state index in [-0.39, 0.29) is 11.7 Å². The first-order valence-electron chi connectivity index (χ1n) is 4.44. The average molecular weight is 304 g/mol. The molecule has 0 saturated heterocycles. The highest BCUT2D eigenvalue weighted by atomic mass is 79.9. The van der Waals surface area contributed by atoms with Gasteiger partial charge in [0.15, 0.2) is 5.11 Å². The van der Waals surface area contributed by atoms with Gasteiger partial charge >= 0.3 is 6.09 Å². The summed E-state index contributed by atoms with van der Waals surface area (Å²) in [6, 6.07) is 3.34. The third-order valence-electron chi connectivity index (χ3n) is 1.61. The fourth-order valence-electron chi connectivity index (χ4n) is 0.985. The number of halogens is 1. The number of pyridine rings is 1. The summed E-state index contributed by atoms with van der Waals surface area (Å²) in [5.41, 5.74) is 5.44. The van der Waals surface area contributed by atoms with E-state index in [2.05, 4.69) is 20.9 Å². The third kappa shape index (κ3) is 3.14. The topological polar surface area (TPSA) is 68.5 Å². The fraction of sp³-hybridized carbons (Fsp3) is 0.222. The highest BCUT2D eigenvalue weighted by Gasteiger charge is 2.20. The van der Waals surface area contributed by atoms with Crippen LogP contribution in [0.3, 0.4) is 0 Å². The van der Waals surface area contributed by atoms with Crippen LogP contribution in [0.25, 0.3) is 0 Å². The van der Waals surface area contributed by atoms with Gasteiger partial charge in [-0.2, -0.15) is 0 Å². The van der Waals surface area contributed by atoms with E-state index in [0.717, 1.165) is 9.37 Å². The SMILES string of the molecule is CCOC(=O)N(C(N)=S)c1ccc(Br)cn1. The van der Waals surface area contributed by atoms with Crippen LogP contribution in [0.15, 0.2) is 22.8 Å². The summed E-state index contributed by atoms with van der Waals surface area (Å²) in [6.07, 6.45) is 0.907. The minimum absolute atomic E-state index is 0.103. The second-order valence-corrected chi connectivity index (χ2v) is 4.04. The van der Waals surface area contributed by atoms with E-state index in [4.69, 9.17) is 22.7 Å². The number of carbonyl (C=O) groups is 1. The maximum Gasteiger partial charge on any atom is 0.422 e. The first-order valence-corrected chi connectivity index (χ1v) is 5.64. The normalized spacial score (nSPS) is 9.62. The number of anilines is 1. The second-order valence-electron chi connectivity index (χ2n) is 2.71. The molecular weight excluding hydrogens is 294 g/mol. The van der Waals surface area contributed by atoms with E-state index in [1.807, 2.05) is 0 Å². The Bertz CT molecular complexity index is 396. The standard InChI is InChI=1S/C9H10BrN3O2S/c1-2-15-9(14)13(8(11)16)7-4-3-6(10)5-12-7/h3-5H,2H2,1H3,(H2,11,16). The molecule has 7 heteroatoms. The molecule has 0 unspecified atom stereocenters. The van der Waals surface area contributed by atoms with Crippen molar-refractivity contribution in [2.45, 2.75) is 6.92 Å². The highest BCUT2D eigenvalue weighted by molar-refractivity contribution is 9.10. The largest absolute Gasteiger partial charge is 0.449 e. The van der Waals surface area contributed by atoms with Crippen molar-refractivity contribution >= 4 is 45.2 Å². The van der Waals surface area contributed by atoms with Crippen molar-refractivity contribution < 1.29 is 9.53 Å². The molecule has 0 aromatic carbocycles. The summed E-state index contributed by atoms with van der Waals surface area (Å²) >= 11 is 8.01. The number of thiocarbonyl (C=S) groups is 1. The van der Waals surface area contributed by atoms with Gasteiger partial charge in [0, 0.05) is 10.7 Å². The summed E-state index contributed by atoms with van der Waals surface area (Å²) in [6.45, 7) is 1.94. The number of hydrogen-bond acceptors (Lipinski definition) is 4. The Hall–Kier alpha value is -1.21.